The molecule has 7 heteroatoms. The van der Waals surface area contributed by atoms with E-state index in [2.05, 4.69) is 16.6 Å². The number of hydrogen-bond donors (Lipinski definition) is 2. The standard InChI is InChI=1S/C12H13F3N2O2/c1-3-7(2)17-11(18)8-4-5-10(9(16)6-8)19-12(13,14)15/h3-7H,1,16H2,2H3,(H,17,18). The Labute approximate surface area is 108 Å². The first kappa shape index (κ1) is 14.9. The van der Waals surface area contributed by atoms with Crippen LogP contribution in [0.3, 0.4) is 0 Å². The number of anilines is 1. The molecule has 0 bridgehead atoms. The molecule has 0 heterocycles. The van der Waals surface area contributed by atoms with Gasteiger partial charge in [0, 0.05) is 11.6 Å². The second-order valence-corrected chi connectivity index (χ2v) is 3.80. The average Bonchev–Trinajstić information content (AvgIpc) is 2.29. The van der Waals surface area contributed by atoms with Crippen molar-refractivity contribution in [3.63, 3.8) is 0 Å². The first-order chi connectivity index (χ1) is 8.73. The minimum absolute atomic E-state index is 0.140. The maximum absolute atomic E-state index is 12.0. The van der Waals surface area contributed by atoms with Crippen LogP contribution < -0.4 is 15.8 Å². The number of nitrogen functional groups attached to an aromatic ring is 1. The van der Waals surface area contributed by atoms with Gasteiger partial charge in [0.2, 0.25) is 0 Å². The van der Waals surface area contributed by atoms with Crippen LogP contribution in [0, 0.1) is 0 Å². The molecule has 3 N–H and O–H groups in total. The molecule has 1 aromatic carbocycles. The van der Waals surface area contributed by atoms with Crippen LogP contribution in [0.2, 0.25) is 0 Å². The van der Waals surface area contributed by atoms with E-state index in [0.29, 0.717) is 0 Å². The van der Waals surface area contributed by atoms with Gasteiger partial charge in [0.25, 0.3) is 5.91 Å². The molecule has 4 nitrogen and oxygen atoms in total. The number of rotatable bonds is 4. The number of halogens is 3. The normalized spacial score (nSPS) is 12.6. The quantitative estimate of drug-likeness (QED) is 0.655. The molecule has 19 heavy (non-hydrogen) atoms. The molecule has 0 aromatic heterocycles. The number of nitrogens with one attached hydrogen (secondary N) is 1. The van der Waals surface area contributed by atoms with Gasteiger partial charge in [0.1, 0.15) is 0 Å². The fourth-order valence-electron chi connectivity index (χ4n) is 1.26. The molecular formula is C12H13F3N2O2. The predicted molar refractivity (Wildman–Crippen MR) is 64.7 cm³/mol. The minimum Gasteiger partial charge on any atom is -0.404 e. The summed E-state index contributed by atoms with van der Waals surface area (Å²) >= 11 is 0. The molecule has 0 fully saturated rings. The maximum atomic E-state index is 12.0. The highest BCUT2D eigenvalue weighted by Gasteiger charge is 2.32. The average molecular weight is 274 g/mol. The predicted octanol–water partition coefficient (Wildman–Crippen LogP) is 2.47. The van der Waals surface area contributed by atoms with Gasteiger partial charge in [-0.05, 0) is 25.1 Å². The number of amides is 1. The summed E-state index contributed by atoms with van der Waals surface area (Å²) in [7, 11) is 0. The van der Waals surface area contributed by atoms with Crippen molar-refractivity contribution in [2.45, 2.75) is 19.3 Å². The number of carbonyl (C=O) groups is 1. The van der Waals surface area contributed by atoms with Crippen LogP contribution in [0.25, 0.3) is 0 Å². The van der Waals surface area contributed by atoms with Gasteiger partial charge in [-0.1, -0.05) is 6.08 Å². The van der Waals surface area contributed by atoms with Crippen LogP contribution in [0.1, 0.15) is 17.3 Å². The fraction of sp³-hybridized carbons (Fsp3) is 0.250. The SMILES string of the molecule is C=CC(C)NC(=O)c1ccc(OC(F)(F)F)c(N)c1. The Morgan fingerprint density at radius 2 is 2.16 bits per heavy atom. The van der Waals surface area contributed by atoms with Crippen LogP contribution >= 0.6 is 0 Å². The highest BCUT2D eigenvalue weighted by molar-refractivity contribution is 5.95. The van der Waals surface area contributed by atoms with Gasteiger partial charge in [0.05, 0.1) is 5.69 Å². The lowest BCUT2D eigenvalue weighted by Gasteiger charge is -2.13. The van der Waals surface area contributed by atoms with Crippen molar-refractivity contribution in [3.05, 3.63) is 36.4 Å². The van der Waals surface area contributed by atoms with E-state index in [0.717, 1.165) is 12.1 Å². The largest absolute Gasteiger partial charge is 0.573 e. The molecule has 0 saturated heterocycles. The van der Waals surface area contributed by atoms with E-state index in [-0.39, 0.29) is 17.3 Å². The van der Waals surface area contributed by atoms with Crippen LogP contribution in [-0.4, -0.2) is 18.3 Å². The van der Waals surface area contributed by atoms with Crippen molar-refractivity contribution >= 4 is 11.6 Å². The van der Waals surface area contributed by atoms with E-state index < -0.39 is 18.0 Å². The van der Waals surface area contributed by atoms with Gasteiger partial charge in [-0.15, -0.1) is 19.8 Å². The Morgan fingerprint density at radius 3 is 2.63 bits per heavy atom. The molecule has 0 aliphatic rings. The van der Waals surface area contributed by atoms with Gasteiger partial charge in [0.15, 0.2) is 5.75 Å². The molecule has 0 radical (unpaired) electrons. The molecule has 0 saturated carbocycles. The Bertz CT molecular complexity index is 486. The summed E-state index contributed by atoms with van der Waals surface area (Å²) in [5.74, 6) is -1.00. The Morgan fingerprint density at radius 1 is 1.53 bits per heavy atom. The zero-order chi connectivity index (χ0) is 14.6. The zero-order valence-electron chi connectivity index (χ0n) is 10.1. The van der Waals surface area contributed by atoms with Gasteiger partial charge in [-0.3, -0.25) is 4.79 Å². The van der Waals surface area contributed by atoms with Gasteiger partial charge in [-0.2, -0.15) is 0 Å². The minimum atomic E-state index is -4.82. The summed E-state index contributed by atoms with van der Waals surface area (Å²) in [5.41, 5.74) is 5.28. The van der Waals surface area contributed by atoms with E-state index in [1.165, 1.54) is 12.1 Å². The molecule has 1 unspecified atom stereocenters. The van der Waals surface area contributed by atoms with E-state index >= 15 is 0 Å². The second kappa shape index (κ2) is 5.64. The van der Waals surface area contributed by atoms with Crippen LogP contribution in [0.4, 0.5) is 18.9 Å². The third-order valence-electron chi connectivity index (χ3n) is 2.21. The van der Waals surface area contributed by atoms with Crippen LogP contribution in [0.5, 0.6) is 5.75 Å². The lowest BCUT2D eigenvalue weighted by Crippen LogP contribution is -2.30. The molecule has 104 valence electrons. The molecule has 1 amide bonds. The summed E-state index contributed by atoms with van der Waals surface area (Å²) in [5, 5.41) is 2.57. The molecule has 0 aliphatic carbocycles. The number of nitrogens with two attached hydrogens (primary N) is 1. The smallest absolute Gasteiger partial charge is 0.404 e. The van der Waals surface area contributed by atoms with Crippen molar-refractivity contribution in [2.75, 3.05) is 5.73 Å². The van der Waals surface area contributed by atoms with Gasteiger partial charge >= 0.3 is 6.36 Å². The van der Waals surface area contributed by atoms with E-state index in [9.17, 15) is 18.0 Å². The number of alkyl halides is 3. The molecular weight excluding hydrogens is 261 g/mol. The molecule has 0 spiro atoms. The number of benzene rings is 1. The summed E-state index contributed by atoms with van der Waals surface area (Å²) in [4.78, 5) is 11.7. The molecule has 1 aromatic rings. The Balaban J connectivity index is 2.87. The number of ether oxygens (including phenoxy) is 1. The Kier molecular flexibility index (Phi) is 4.42. The van der Waals surface area contributed by atoms with Crippen LogP contribution in [0.15, 0.2) is 30.9 Å². The van der Waals surface area contributed by atoms with E-state index in [1.54, 1.807) is 6.92 Å². The maximum Gasteiger partial charge on any atom is 0.573 e. The number of hydrogen-bond acceptors (Lipinski definition) is 3. The van der Waals surface area contributed by atoms with E-state index in [4.69, 9.17) is 5.73 Å². The fourth-order valence-corrected chi connectivity index (χ4v) is 1.26. The highest BCUT2D eigenvalue weighted by Crippen LogP contribution is 2.28. The molecule has 0 aliphatic heterocycles. The highest BCUT2D eigenvalue weighted by atomic mass is 19.4. The van der Waals surface area contributed by atoms with Crippen molar-refractivity contribution in [1.29, 1.82) is 0 Å². The topological polar surface area (TPSA) is 64.3 Å². The van der Waals surface area contributed by atoms with E-state index in [1.807, 2.05) is 0 Å². The summed E-state index contributed by atoms with van der Waals surface area (Å²) in [6.45, 7) is 5.20. The van der Waals surface area contributed by atoms with Gasteiger partial charge < -0.3 is 15.8 Å². The zero-order valence-corrected chi connectivity index (χ0v) is 10.1. The summed E-state index contributed by atoms with van der Waals surface area (Å²) in [6, 6.07) is 3.05. The summed E-state index contributed by atoms with van der Waals surface area (Å²) in [6.07, 6.45) is -3.31. The first-order valence-electron chi connectivity index (χ1n) is 5.31. The monoisotopic (exact) mass is 274 g/mol. The van der Waals surface area contributed by atoms with Gasteiger partial charge in [-0.25, -0.2) is 0 Å². The Hall–Kier alpha value is -2.18. The van der Waals surface area contributed by atoms with Crippen molar-refractivity contribution in [2.24, 2.45) is 0 Å². The third kappa shape index (κ3) is 4.53. The molecule has 1 rings (SSSR count). The lowest BCUT2D eigenvalue weighted by atomic mass is 10.1. The summed E-state index contributed by atoms with van der Waals surface area (Å²) < 4.78 is 39.8. The van der Waals surface area contributed by atoms with Crippen molar-refractivity contribution in [3.8, 4) is 5.75 Å². The number of carbonyl (C=O) groups excluding carboxylic acids is 1. The molecule has 1 atom stereocenters. The third-order valence-corrected chi connectivity index (χ3v) is 2.21. The van der Waals surface area contributed by atoms with Crippen molar-refractivity contribution in [1.82, 2.24) is 5.32 Å². The van der Waals surface area contributed by atoms with Crippen LogP contribution in [-0.2, 0) is 0 Å². The first-order valence-corrected chi connectivity index (χ1v) is 5.31. The lowest BCUT2D eigenvalue weighted by molar-refractivity contribution is -0.274. The van der Waals surface area contributed by atoms with Crippen molar-refractivity contribution < 1.29 is 22.7 Å². The second-order valence-electron chi connectivity index (χ2n) is 3.80.